The van der Waals surface area contributed by atoms with E-state index in [0.717, 1.165) is 32.7 Å². The van der Waals surface area contributed by atoms with Crippen molar-refractivity contribution in [2.75, 3.05) is 24.6 Å². The topological polar surface area (TPSA) is 24.5 Å². The highest BCUT2D eigenvalue weighted by Crippen LogP contribution is 2.27. The molecule has 0 fully saturated rings. The lowest BCUT2D eigenvalue weighted by Gasteiger charge is -2.34. The largest absolute Gasteiger partial charge is 0.374 e. The Bertz CT molecular complexity index is 467. The van der Waals surface area contributed by atoms with Crippen molar-refractivity contribution in [2.24, 2.45) is 0 Å². The van der Waals surface area contributed by atoms with Crippen LogP contribution in [-0.4, -0.2) is 30.8 Å². The summed E-state index contributed by atoms with van der Waals surface area (Å²) in [6.07, 6.45) is 1.12. The molecule has 3 nitrogen and oxygen atoms in total. The number of ether oxygens (including phenoxy) is 1. The zero-order valence-electron chi connectivity index (χ0n) is 14.2. The zero-order chi connectivity index (χ0) is 15.5. The maximum atomic E-state index is 5.93. The molecule has 1 aromatic carbocycles. The van der Waals surface area contributed by atoms with Gasteiger partial charge < -0.3 is 15.0 Å². The Morgan fingerprint density at radius 3 is 2.67 bits per heavy atom. The molecule has 0 spiro atoms. The molecule has 2 rings (SSSR count). The minimum absolute atomic E-state index is 0.0717. The monoisotopic (exact) mass is 290 g/mol. The standard InChI is InChI=1S/C18H30N2O/c1-6-18(5)14-20(11-12-21-17(2,3)4)16-10-8-7-9-15(16)13-19-18/h7-10,19H,6,11-14H2,1-5H3. The molecule has 0 aliphatic carbocycles. The molecule has 1 heterocycles. The summed E-state index contributed by atoms with van der Waals surface area (Å²) in [6, 6.07) is 8.71. The summed E-state index contributed by atoms with van der Waals surface area (Å²) < 4.78 is 5.93. The lowest BCUT2D eigenvalue weighted by molar-refractivity contribution is 0.00112. The van der Waals surface area contributed by atoms with Crippen LogP contribution >= 0.6 is 0 Å². The molecule has 0 saturated carbocycles. The van der Waals surface area contributed by atoms with Crippen molar-refractivity contribution in [1.82, 2.24) is 5.32 Å². The third-order valence-electron chi connectivity index (χ3n) is 4.25. The number of anilines is 1. The summed E-state index contributed by atoms with van der Waals surface area (Å²) in [7, 11) is 0. The lowest BCUT2D eigenvalue weighted by atomic mass is 9.98. The van der Waals surface area contributed by atoms with Gasteiger partial charge in [0, 0.05) is 30.9 Å². The van der Waals surface area contributed by atoms with Gasteiger partial charge in [-0.15, -0.1) is 0 Å². The van der Waals surface area contributed by atoms with Gasteiger partial charge in [-0.2, -0.15) is 0 Å². The fourth-order valence-electron chi connectivity index (χ4n) is 2.74. The Labute approximate surface area is 129 Å². The fraction of sp³-hybridized carbons (Fsp3) is 0.667. The predicted molar refractivity (Wildman–Crippen MR) is 89.9 cm³/mol. The van der Waals surface area contributed by atoms with E-state index in [1.165, 1.54) is 11.3 Å². The van der Waals surface area contributed by atoms with Gasteiger partial charge >= 0.3 is 0 Å². The Morgan fingerprint density at radius 1 is 1.29 bits per heavy atom. The second-order valence-corrected chi connectivity index (χ2v) is 7.28. The van der Waals surface area contributed by atoms with Crippen LogP contribution in [0.15, 0.2) is 24.3 Å². The average Bonchev–Trinajstić information content (AvgIpc) is 2.56. The molecule has 118 valence electrons. The maximum absolute atomic E-state index is 5.93. The van der Waals surface area contributed by atoms with Crippen LogP contribution in [0.1, 0.15) is 46.6 Å². The Morgan fingerprint density at radius 2 is 2.00 bits per heavy atom. The van der Waals surface area contributed by atoms with E-state index < -0.39 is 0 Å². The molecule has 1 atom stereocenters. The smallest absolute Gasteiger partial charge is 0.0648 e. The molecule has 3 heteroatoms. The van der Waals surface area contributed by atoms with Gasteiger partial charge in [0.2, 0.25) is 0 Å². The quantitative estimate of drug-likeness (QED) is 0.917. The number of hydrogen-bond acceptors (Lipinski definition) is 3. The third-order valence-corrected chi connectivity index (χ3v) is 4.25. The van der Waals surface area contributed by atoms with E-state index in [-0.39, 0.29) is 11.1 Å². The van der Waals surface area contributed by atoms with Crippen molar-refractivity contribution >= 4 is 5.69 Å². The highest BCUT2D eigenvalue weighted by atomic mass is 16.5. The van der Waals surface area contributed by atoms with Gasteiger partial charge in [-0.05, 0) is 45.7 Å². The SMILES string of the molecule is CCC1(C)CN(CCOC(C)(C)C)c2ccccc2CN1. The minimum atomic E-state index is -0.0717. The number of rotatable bonds is 4. The molecule has 0 radical (unpaired) electrons. The second-order valence-electron chi connectivity index (χ2n) is 7.28. The summed E-state index contributed by atoms with van der Waals surface area (Å²) in [5.41, 5.74) is 2.81. The van der Waals surface area contributed by atoms with Crippen LogP contribution in [0.5, 0.6) is 0 Å². The molecule has 21 heavy (non-hydrogen) atoms. The molecule has 0 bridgehead atoms. The summed E-state index contributed by atoms with van der Waals surface area (Å²) in [4.78, 5) is 2.48. The van der Waals surface area contributed by atoms with Crippen LogP contribution in [0.2, 0.25) is 0 Å². The fourth-order valence-corrected chi connectivity index (χ4v) is 2.74. The molecular weight excluding hydrogens is 260 g/mol. The highest BCUT2D eigenvalue weighted by molar-refractivity contribution is 5.55. The molecule has 0 saturated heterocycles. The van der Waals surface area contributed by atoms with E-state index in [2.05, 4.69) is 69.1 Å². The van der Waals surface area contributed by atoms with Gasteiger partial charge in [0.05, 0.1) is 12.2 Å². The maximum Gasteiger partial charge on any atom is 0.0648 e. The molecular formula is C18H30N2O. The Hall–Kier alpha value is -1.06. The van der Waals surface area contributed by atoms with Crippen LogP contribution in [0, 0.1) is 0 Å². The minimum Gasteiger partial charge on any atom is -0.374 e. The van der Waals surface area contributed by atoms with E-state index in [1.807, 2.05) is 0 Å². The third kappa shape index (κ3) is 4.45. The first-order valence-electron chi connectivity index (χ1n) is 8.05. The van der Waals surface area contributed by atoms with E-state index in [0.29, 0.717) is 0 Å². The number of fused-ring (bicyclic) bond motifs is 1. The van der Waals surface area contributed by atoms with E-state index >= 15 is 0 Å². The number of hydrogen-bond donors (Lipinski definition) is 1. The molecule has 0 aromatic heterocycles. The van der Waals surface area contributed by atoms with Crippen molar-refractivity contribution in [2.45, 2.75) is 58.7 Å². The molecule has 1 unspecified atom stereocenters. The van der Waals surface area contributed by atoms with Gasteiger partial charge in [-0.25, -0.2) is 0 Å². The molecule has 1 aliphatic rings. The second kappa shape index (κ2) is 6.37. The molecule has 1 aliphatic heterocycles. The number of nitrogens with zero attached hydrogens (tertiary/aromatic N) is 1. The number of para-hydroxylation sites is 1. The summed E-state index contributed by atoms with van der Waals surface area (Å²) in [6.45, 7) is 14.6. The Kier molecular flexibility index (Phi) is 4.95. The van der Waals surface area contributed by atoms with Gasteiger partial charge in [-0.1, -0.05) is 25.1 Å². The molecule has 1 aromatic rings. The lowest BCUT2D eigenvalue weighted by Crippen LogP contribution is -2.49. The van der Waals surface area contributed by atoms with Crippen LogP contribution in [0.25, 0.3) is 0 Å². The van der Waals surface area contributed by atoms with Gasteiger partial charge in [0.1, 0.15) is 0 Å². The average molecular weight is 290 g/mol. The molecule has 1 N–H and O–H groups in total. The first-order valence-corrected chi connectivity index (χ1v) is 8.05. The first-order chi connectivity index (χ1) is 9.83. The van der Waals surface area contributed by atoms with E-state index in [1.54, 1.807) is 0 Å². The van der Waals surface area contributed by atoms with Crippen LogP contribution < -0.4 is 10.2 Å². The molecule has 0 amide bonds. The van der Waals surface area contributed by atoms with Gasteiger partial charge in [-0.3, -0.25) is 0 Å². The van der Waals surface area contributed by atoms with E-state index in [9.17, 15) is 0 Å². The first kappa shape index (κ1) is 16.3. The number of nitrogens with one attached hydrogen (secondary N) is 1. The van der Waals surface area contributed by atoms with E-state index in [4.69, 9.17) is 4.74 Å². The highest BCUT2D eigenvalue weighted by Gasteiger charge is 2.29. The summed E-state index contributed by atoms with van der Waals surface area (Å²) in [5.74, 6) is 0. The normalized spacial score (nSPS) is 22.8. The predicted octanol–water partition coefficient (Wildman–Crippen LogP) is 3.58. The van der Waals surface area contributed by atoms with Crippen molar-refractivity contribution in [1.29, 1.82) is 0 Å². The van der Waals surface area contributed by atoms with Crippen LogP contribution in [0.4, 0.5) is 5.69 Å². The van der Waals surface area contributed by atoms with Crippen LogP contribution in [-0.2, 0) is 11.3 Å². The number of benzene rings is 1. The van der Waals surface area contributed by atoms with Gasteiger partial charge in [0.25, 0.3) is 0 Å². The van der Waals surface area contributed by atoms with Gasteiger partial charge in [0.15, 0.2) is 0 Å². The van der Waals surface area contributed by atoms with Crippen LogP contribution in [0.3, 0.4) is 0 Å². The van der Waals surface area contributed by atoms with Crippen molar-refractivity contribution < 1.29 is 4.74 Å². The zero-order valence-corrected chi connectivity index (χ0v) is 14.2. The van der Waals surface area contributed by atoms with Crippen molar-refractivity contribution in [3.8, 4) is 0 Å². The summed E-state index contributed by atoms with van der Waals surface area (Å²) in [5, 5.41) is 3.72. The van der Waals surface area contributed by atoms with Crippen molar-refractivity contribution in [3.05, 3.63) is 29.8 Å². The Balaban J connectivity index is 2.14. The summed E-state index contributed by atoms with van der Waals surface area (Å²) >= 11 is 0. The van der Waals surface area contributed by atoms with Crippen molar-refractivity contribution in [3.63, 3.8) is 0 Å².